The van der Waals surface area contributed by atoms with Crippen molar-refractivity contribution in [3.05, 3.63) is 35.4 Å². The van der Waals surface area contributed by atoms with Crippen LogP contribution in [-0.4, -0.2) is 5.34 Å². The quantitative estimate of drug-likeness (QED) is 0.630. The highest BCUT2D eigenvalue weighted by molar-refractivity contribution is 6.44. The minimum absolute atomic E-state index is 0.194. The number of hydrogen-bond acceptors (Lipinski definition) is 0. The van der Waals surface area contributed by atoms with Crippen molar-refractivity contribution >= 4 is 46.4 Å². The Morgan fingerprint density at radius 1 is 1.08 bits per heavy atom. The summed E-state index contributed by atoms with van der Waals surface area (Å²) in [5, 5.41) is 0.194. The molecule has 0 aliphatic heterocycles. The zero-order chi connectivity index (χ0) is 10.3. The van der Waals surface area contributed by atoms with Crippen molar-refractivity contribution in [3.63, 3.8) is 0 Å². The molecule has 4 heteroatoms. The lowest BCUT2D eigenvalue weighted by Crippen LogP contribution is -1.80. The lowest BCUT2D eigenvalue weighted by atomic mass is 10.2. The van der Waals surface area contributed by atoms with Gasteiger partial charge >= 0.3 is 0 Å². The number of aryl methyl sites for hydroxylation is 1. The van der Waals surface area contributed by atoms with E-state index in [-0.39, 0.29) is 5.34 Å². The number of alkyl halides is 4. The van der Waals surface area contributed by atoms with Gasteiger partial charge in [-0.25, -0.2) is 0 Å². The van der Waals surface area contributed by atoms with Crippen molar-refractivity contribution in [2.24, 2.45) is 0 Å². The zero-order valence-corrected chi connectivity index (χ0v) is 10.1. The topological polar surface area (TPSA) is 0 Å². The van der Waals surface area contributed by atoms with Crippen LogP contribution in [0.2, 0.25) is 0 Å². The van der Waals surface area contributed by atoms with E-state index in [0.29, 0.717) is 0 Å². The molecular formula is C9H10Cl4. The first kappa shape index (κ1) is 13.4. The lowest BCUT2D eigenvalue weighted by Gasteiger charge is -1.99. The van der Waals surface area contributed by atoms with Crippen molar-refractivity contribution in [3.8, 4) is 0 Å². The maximum atomic E-state index is 5.62. The molecule has 0 heterocycles. The Bertz CT molecular complexity index is 218. The molecule has 0 aliphatic rings. The van der Waals surface area contributed by atoms with Crippen LogP contribution in [0.4, 0.5) is 0 Å². The molecule has 1 rings (SSSR count). The zero-order valence-electron chi connectivity index (χ0n) is 7.11. The summed E-state index contributed by atoms with van der Waals surface area (Å²) in [6.45, 7) is 2.03. The molecule has 0 fully saturated rings. The Labute approximate surface area is 98.7 Å². The van der Waals surface area contributed by atoms with Crippen LogP contribution in [0.3, 0.4) is 0 Å². The van der Waals surface area contributed by atoms with Gasteiger partial charge in [0.05, 0.1) is 5.34 Å². The third kappa shape index (κ3) is 6.45. The summed E-state index contributed by atoms with van der Waals surface area (Å²) in [5.41, 5.74) is 2.17. The molecule has 0 saturated heterocycles. The average molecular weight is 260 g/mol. The van der Waals surface area contributed by atoms with E-state index in [4.69, 9.17) is 46.4 Å². The molecule has 13 heavy (non-hydrogen) atoms. The summed E-state index contributed by atoms with van der Waals surface area (Å²) in [6.07, 6.45) is 0. The predicted octanol–water partition coefficient (Wildman–Crippen LogP) is 4.89. The van der Waals surface area contributed by atoms with Crippen LogP contribution in [0.5, 0.6) is 0 Å². The molecule has 0 nitrogen and oxygen atoms in total. The van der Waals surface area contributed by atoms with Gasteiger partial charge in [0.25, 0.3) is 0 Å². The minimum Gasteiger partial charge on any atom is -0.109 e. The van der Waals surface area contributed by atoms with Crippen LogP contribution >= 0.6 is 46.4 Å². The molecule has 74 valence electrons. The van der Waals surface area contributed by atoms with Gasteiger partial charge in [-0.1, -0.05) is 29.8 Å². The van der Waals surface area contributed by atoms with Gasteiger partial charge in [-0.3, -0.25) is 0 Å². The molecule has 0 spiro atoms. The van der Waals surface area contributed by atoms with Crippen LogP contribution in [0, 0.1) is 6.92 Å². The van der Waals surface area contributed by atoms with Gasteiger partial charge in [0.15, 0.2) is 0 Å². The second-order valence-corrected chi connectivity index (χ2v) is 4.22. The highest BCUT2D eigenvalue weighted by Crippen LogP contribution is 2.24. The van der Waals surface area contributed by atoms with E-state index in [9.17, 15) is 0 Å². The second-order valence-electron chi connectivity index (χ2n) is 2.31. The molecule has 0 saturated carbocycles. The summed E-state index contributed by atoms with van der Waals surface area (Å²) >= 11 is 20.8. The maximum Gasteiger partial charge on any atom is 0.132 e. The molecule has 0 radical (unpaired) electrons. The SMILES string of the molecule is Cc1ccc(C(Cl)Cl)cc1.ClCCl. The van der Waals surface area contributed by atoms with Crippen molar-refractivity contribution < 1.29 is 0 Å². The second kappa shape index (κ2) is 7.75. The Morgan fingerprint density at radius 2 is 1.46 bits per heavy atom. The van der Waals surface area contributed by atoms with Crippen molar-refractivity contribution in [1.82, 2.24) is 0 Å². The fourth-order valence-corrected chi connectivity index (χ4v) is 1.00. The number of halogens is 4. The van der Waals surface area contributed by atoms with Crippen molar-refractivity contribution in [2.45, 2.75) is 11.8 Å². The molecule has 1 aromatic carbocycles. The normalized spacial score (nSPS) is 9.38. The molecule has 0 aliphatic carbocycles. The number of hydrogen-bond donors (Lipinski definition) is 0. The van der Waals surface area contributed by atoms with Crippen LogP contribution in [-0.2, 0) is 0 Å². The van der Waals surface area contributed by atoms with Gasteiger partial charge in [0.2, 0.25) is 0 Å². The Hall–Kier alpha value is 0.380. The molecule has 1 aromatic rings. The third-order valence-corrected chi connectivity index (χ3v) is 1.83. The van der Waals surface area contributed by atoms with E-state index in [1.807, 2.05) is 31.2 Å². The van der Waals surface area contributed by atoms with Crippen LogP contribution < -0.4 is 0 Å². The van der Waals surface area contributed by atoms with Crippen LogP contribution in [0.1, 0.15) is 16.0 Å². The number of rotatable bonds is 1. The van der Waals surface area contributed by atoms with Gasteiger partial charge in [-0.15, -0.1) is 46.4 Å². The Kier molecular flexibility index (Phi) is 7.98. The summed E-state index contributed by atoms with van der Waals surface area (Å²) in [5.74, 6) is 0. The van der Waals surface area contributed by atoms with Crippen LogP contribution in [0.25, 0.3) is 0 Å². The largest absolute Gasteiger partial charge is 0.132 e. The Morgan fingerprint density at radius 3 is 1.77 bits per heavy atom. The first-order valence-corrected chi connectivity index (χ1v) is 5.52. The van der Waals surface area contributed by atoms with E-state index in [2.05, 4.69) is 0 Å². The van der Waals surface area contributed by atoms with E-state index in [0.717, 1.165) is 5.56 Å². The summed E-state index contributed by atoms with van der Waals surface area (Å²) in [7, 11) is 0. The van der Waals surface area contributed by atoms with Crippen molar-refractivity contribution in [1.29, 1.82) is 0 Å². The van der Waals surface area contributed by atoms with Crippen LogP contribution in [0.15, 0.2) is 24.3 Å². The maximum absolute atomic E-state index is 5.62. The molecule has 0 amide bonds. The van der Waals surface area contributed by atoms with Gasteiger partial charge in [0.1, 0.15) is 4.84 Å². The Balaban J connectivity index is 0.000000424. The van der Waals surface area contributed by atoms with Gasteiger partial charge in [-0.05, 0) is 12.5 Å². The van der Waals surface area contributed by atoms with E-state index in [1.165, 1.54) is 5.56 Å². The van der Waals surface area contributed by atoms with Crippen molar-refractivity contribution in [2.75, 3.05) is 5.34 Å². The smallest absolute Gasteiger partial charge is 0.109 e. The summed E-state index contributed by atoms with van der Waals surface area (Å²) in [4.78, 5) is -0.402. The highest BCUT2D eigenvalue weighted by atomic mass is 35.5. The average Bonchev–Trinajstić information content (AvgIpc) is 2.06. The predicted molar refractivity (Wildman–Crippen MR) is 62.2 cm³/mol. The number of benzene rings is 1. The van der Waals surface area contributed by atoms with E-state index < -0.39 is 4.84 Å². The molecule has 0 bridgehead atoms. The fourth-order valence-electron chi connectivity index (χ4n) is 0.712. The van der Waals surface area contributed by atoms with E-state index >= 15 is 0 Å². The third-order valence-electron chi connectivity index (χ3n) is 1.33. The van der Waals surface area contributed by atoms with Gasteiger partial charge < -0.3 is 0 Å². The molecular weight excluding hydrogens is 250 g/mol. The van der Waals surface area contributed by atoms with Gasteiger partial charge in [0, 0.05) is 0 Å². The van der Waals surface area contributed by atoms with Gasteiger partial charge in [-0.2, -0.15) is 0 Å². The lowest BCUT2D eigenvalue weighted by molar-refractivity contribution is 1.32. The molecule has 0 unspecified atom stereocenters. The first-order valence-electron chi connectivity index (χ1n) is 3.58. The minimum atomic E-state index is -0.402. The summed E-state index contributed by atoms with van der Waals surface area (Å²) < 4.78 is 0. The molecule has 0 aromatic heterocycles. The summed E-state index contributed by atoms with van der Waals surface area (Å²) in [6, 6.07) is 7.85. The molecule has 0 N–H and O–H groups in total. The standard InChI is InChI=1S/C8H8Cl2.CH2Cl2/c1-6-2-4-7(5-3-6)8(9)10;2-1-3/h2-5,8H,1H3;1H2. The fraction of sp³-hybridized carbons (Fsp3) is 0.333. The highest BCUT2D eigenvalue weighted by Gasteiger charge is 2.00. The van der Waals surface area contributed by atoms with E-state index in [1.54, 1.807) is 0 Å². The first-order chi connectivity index (χ1) is 6.11. The monoisotopic (exact) mass is 258 g/mol. The molecule has 0 atom stereocenters.